The highest BCUT2D eigenvalue weighted by molar-refractivity contribution is 7.89. The molecule has 2 saturated carbocycles. The molecule has 2 unspecified atom stereocenters. The second kappa shape index (κ2) is 7.04. The fourth-order valence-corrected chi connectivity index (χ4v) is 4.55. The Morgan fingerprint density at radius 2 is 1.57 bits per heavy atom. The van der Waals surface area contributed by atoms with Gasteiger partial charge in [0.1, 0.15) is 0 Å². The van der Waals surface area contributed by atoms with Gasteiger partial charge in [-0.3, -0.25) is 0 Å². The van der Waals surface area contributed by atoms with Crippen LogP contribution in [0, 0.1) is 24.7 Å². The summed E-state index contributed by atoms with van der Waals surface area (Å²) in [5.74, 6) is 1.91. The highest BCUT2D eigenvalue weighted by Gasteiger charge is 2.47. The third kappa shape index (κ3) is 4.14. The van der Waals surface area contributed by atoms with Crippen LogP contribution >= 0.6 is 0 Å². The van der Waals surface area contributed by atoms with Crippen molar-refractivity contribution in [2.24, 2.45) is 22.9 Å². The van der Waals surface area contributed by atoms with Crippen molar-refractivity contribution in [2.45, 2.75) is 56.8 Å². The Kier molecular flexibility index (Phi) is 5.05. The molecule has 1 aromatic carbocycles. The lowest BCUT2D eigenvalue weighted by molar-refractivity contribution is 0.581. The summed E-state index contributed by atoms with van der Waals surface area (Å²) in [6.07, 6.45) is 11.0. The second-order valence-corrected chi connectivity index (χ2v) is 8.60. The van der Waals surface area contributed by atoms with Crippen LogP contribution in [0.5, 0.6) is 0 Å². The SMILES string of the molecule is Cc1ccc(S(=O)(=O)N/N=C/C2C3CCCCCCCC23)cc1. The minimum absolute atomic E-state index is 0.263. The summed E-state index contributed by atoms with van der Waals surface area (Å²) in [4.78, 5) is 2.62. The number of sulfonamides is 1. The summed E-state index contributed by atoms with van der Waals surface area (Å²) in [7, 11) is -3.55. The number of nitrogens with zero attached hydrogens (tertiary/aromatic N) is 1. The zero-order valence-electron chi connectivity index (χ0n) is 13.7. The predicted molar refractivity (Wildman–Crippen MR) is 92.8 cm³/mol. The average molecular weight is 334 g/mol. The summed E-state index contributed by atoms with van der Waals surface area (Å²) >= 11 is 0. The second-order valence-electron chi connectivity index (χ2n) is 6.94. The first-order chi connectivity index (χ1) is 11.1. The minimum Gasteiger partial charge on any atom is -0.200 e. The van der Waals surface area contributed by atoms with Gasteiger partial charge in [-0.05, 0) is 43.7 Å². The minimum atomic E-state index is -3.55. The summed E-state index contributed by atoms with van der Waals surface area (Å²) in [6.45, 7) is 1.93. The van der Waals surface area contributed by atoms with Crippen molar-refractivity contribution in [3.05, 3.63) is 29.8 Å². The molecular weight excluding hydrogens is 308 g/mol. The third-order valence-corrected chi connectivity index (χ3v) is 6.46. The number of hydrogen-bond acceptors (Lipinski definition) is 3. The first-order valence-corrected chi connectivity index (χ1v) is 10.2. The molecule has 2 aliphatic rings. The molecule has 4 nitrogen and oxygen atoms in total. The van der Waals surface area contributed by atoms with E-state index in [-0.39, 0.29) is 4.90 Å². The van der Waals surface area contributed by atoms with E-state index in [0.717, 1.165) is 17.4 Å². The zero-order chi connectivity index (χ0) is 16.3. The summed E-state index contributed by atoms with van der Waals surface area (Å²) in [5.41, 5.74) is 1.04. The summed E-state index contributed by atoms with van der Waals surface area (Å²) in [6, 6.07) is 6.82. The molecule has 1 N–H and O–H groups in total. The number of benzene rings is 1. The Morgan fingerprint density at radius 1 is 1.00 bits per heavy atom. The fraction of sp³-hybridized carbons (Fsp3) is 0.611. The van der Waals surface area contributed by atoms with E-state index in [1.54, 1.807) is 24.3 Å². The highest BCUT2D eigenvalue weighted by Crippen LogP contribution is 2.51. The number of rotatable bonds is 4. The van der Waals surface area contributed by atoms with Gasteiger partial charge in [0.25, 0.3) is 10.0 Å². The predicted octanol–water partition coefficient (Wildman–Crippen LogP) is 3.87. The van der Waals surface area contributed by atoms with E-state index < -0.39 is 10.0 Å². The Morgan fingerprint density at radius 3 is 2.17 bits per heavy atom. The van der Waals surface area contributed by atoms with Gasteiger partial charge in [-0.1, -0.05) is 49.8 Å². The van der Waals surface area contributed by atoms with Crippen LogP contribution in [0.4, 0.5) is 0 Å². The van der Waals surface area contributed by atoms with E-state index in [2.05, 4.69) is 9.93 Å². The van der Waals surface area contributed by atoms with Crippen LogP contribution in [0.2, 0.25) is 0 Å². The number of nitrogens with one attached hydrogen (secondary N) is 1. The van der Waals surface area contributed by atoms with Gasteiger partial charge in [0.15, 0.2) is 0 Å². The first kappa shape index (κ1) is 16.5. The van der Waals surface area contributed by atoms with E-state index >= 15 is 0 Å². The molecule has 0 heterocycles. The van der Waals surface area contributed by atoms with Gasteiger partial charge >= 0.3 is 0 Å². The molecule has 0 saturated heterocycles. The van der Waals surface area contributed by atoms with Gasteiger partial charge in [-0.2, -0.15) is 13.5 Å². The van der Waals surface area contributed by atoms with E-state index in [1.807, 2.05) is 13.1 Å². The molecule has 0 radical (unpaired) electrons. The van der Waals surface area contributed by atoms with Crippen LogP contribution in [-0.4, -0.2) is 14.6 Å². The molecule has 0 aliphatic heterocycles. The molecule has 0 bridgehead atoms. The maximum absolute atomic E-state index is 12.2. The van der Waals surface area contributed by atoms with E-state index in [1.165, 1.54) is 44.9 Å². The Bertz CT molecular complexity index is 638. The largest absolute Gasteiger partial charge is 0.276 e. The number of aryl methyl sites for hydroxylation is 1. The van der Waals surface area contributed by atoms with Gasteiger partial charge in [-0.25, -0.2) is 4.83 Å². The molecule has 1 aromatic rings. The summed E-state index contributed by atoms with van der Waals surface area (Å²) < 4.78 is 24.4. The Balaban J connectivity index is 1.57. The lowest BCUT2D eigenvalue weighted by Crippen LogP contribution is -2.18. The monoisotopic (exact) mass is 334 g/mol. The maximum Gasteiger partial charge on any atom is 0.276 e. The molecule has 5 heteroatoms. The highest BCUT2D eigenvalue weighted by atomic mass is 32.2. The fourth-order valence-electron chi connectivity index (χ4n) is 3.76. The zero-order valence-corrected chi connectivity index (χ0v) is 14.6. The van der Waals surface area contributed by atoms with Crippen LogP contribution in [-0.2, 0) is 10.0 Å². The molecule has 2 atom stereocenters. The summed E-state index contributed by atoms with van der Waals surface area (Å²) in [5, 5.41) is 4.05. The van der Waals surface area contributed by atoms with Gasteiger partial charge in [0.2, 0.25) is 0 Å². The van der Waals surface area contributed by atoms with Crippen molar-refractivity contribution >= 4 is 16.2 Å². The van der Waals surface area contributed by atoms with Crippen molar-refractivity contribution in [1.82, 2.24) is 4.83 Å². The molecule has 23 heavy (non-hydrogen) atoms. The topological polar surface area (TPSA) is 58.5 Å². The molecule has 0 amide bonds. The van der Waals surface area contributed by atoms with E-state index in [9.17, 15) is 8.42 Å². The van der Waals surface area contributed by atoms with Crippen LogP contribution in [0.1, 0.15) is 50.5 Å². The number of hydrogen-bond donors (Lipinski definition) is 1. The standard InChI is InChI=1S/C18H26N2O2S/c1-14-9-11-15(12-10-14)23(21,22)20-19-13-18-16-7-5-3-2-4-6-8-17(16)18/h9-13,16-18,20H,2-8H2,1H3/b19-13+. The molecule has 2 aliphatic carbocycles. The normalized spacial score (nSPS) is 28.5. The van der Waals surface area contributed by atoms with Gasteiger partial charge in [-0.15, -0.1) is 0 Å². The molecule has 0 spiro atoms. The molecule has 2 fully saturated rings. The molecule has 0 aromatic heterocycles. The first-order valence-electron chi connectivity index (χ1n) is 8.69. The number of hydrazone groups is 1. The molecular formula is C18H26N2O2S. The van der Waals surface area contributed by atoms with Crippen LogP contribution in [0.3, 0.4) is 0 Å². The van der Waals surface area contributed by atoms with Crippen molar-refractivity contribution in [2.75, 3.05) is 0 Å². The Hall–Kier alpha value is -1.36. The molecule has 126 valence electrons. The van der Waals surface area contributed by atoms with Crippen LogP contribution < -0.4 is 4.83 Å². The van der Waals surface area contributed by atoms with E-state index in [0.29, 0.717) is 5.92 Å². The number of fused-ring (bicyclic) bond motifs is 1. The van der Waals surface area contributed by atoms with Crippen LogP contribution in [0.15, 0.2) is 34.3 Å². The van der Waals surface area contributed by atoms with Crippen molar-refractivity contribution in [1.29, 1.82) is 0 Å². The van der Waals surface area contributed by atoms with Crippen molar-refractivity contribution < 1.29 is 8.42 Å². The Labute approximate surface area is 139 Å². The van der Waals surface area contributed by atoms with E-state index in [4.69, 9.17) is 0 Å². The van der Waals surface area contributed by atoms with Gasteiger partial charge < -0.3 is 0 Å². The maximum atomic E-state index is 12.2. The van der Waals surface area contributed by atoms with Gasteiger partial charge in [0.05, 0.1) is 4.90 Å². The molecule has 3 rings (SSSR count). The smallest absolute Gasteiger partial charge is 0.200 e. The third-order valence-electron chi connectivity index (χ3n) is 5.22. The van der Waals surface area contributed by atoms with Crippen molar-refractivity contribution in [3.63, 3.8) is 0 Å². The van der Waals surface area contributed by atoms with Gasteiger partial charge in [0, 0.05) is 12.1 Å². The van der Waals surface area contributed by atoms with Crippen molar-refractivity contribution in [3.8, 4) is 0 Å². The quantitative estimate of drug-likeness (QED) is 0.671. The average Bonchev–Trinajstić information content (AvgIpc) is 3.15. The van der Waals surface area contributed by atoms with Crippen LogP contribution in [0.25, 0.3) is 0 Å². The lowest BCUT2D eigenvalue weighted by Gasteiger charge is -2.03. The lowest BCUT2D eigenvalue weighted by atomic mass is 10.1.